The molecule has 1 aromatic rings. The van der Waals surface area contributed by atoms with Crippen LogP contribution in [0.25, 0.3) is 0 Å². The molecule has 1 heterocycles. The van der Waals surface area contributed by atoms with E-state index in [0.29, 0.717) is 0 Å². The Kier molecular flexibility index (Phi) is 8.49. The molecule has 2 atom stereocenters. The average molecular weight is 445 g/mol. The first-order valence-corrected chi connectivity index (χ1v) is 11.0. The number of rotatable bonds is 9. The Morgan fingerprint density at radius 1 is 1.23 bits per heavy atom. The molecule has 1 aromatic heterocycles. The number of sulfone groups is 1. The molecule has 0 fully saturated rings. The summed E-state index contributed by atoms with van der Waals surface area (Å²) in [4.78, 5) is 25.9. The van der Waals surface area contributed by atoms with E-state index in [1.165, 1.54) is 24.4 Å². The third kappa shape index (κ3) is 7.01. The number of carbonyl (C=O) groups excluding carboxylic acids is 2. The van der Waals surface area contributed by atoms with Crippen molar-refractivity contribution in [3.8, 4) is 0 Å². The molecule has 0 saturated heterocycles. The van der Waals surface area contributed by atoms with E-state index in [0.717, 1.165) is 0 Å². The van der Waals surface area contributed by atoms with Crippen LogP contribution in [0.5, 0.6) is 0 Å². The molecule has 1 amide bonds. The van der Waals surface area contributed by atoms with Crippen molar-refractivity contribution < 1.29 is 27.9 Å². The zero-order chi connectivity index (χ0) is 23.3. The predicted molar refractivity (Wildman–Crippen MR) is 111 cm³/mol. The zero-order valence-corrected chi connectivity index (χ0v) is 18.8. The Labute approximate surface area is 177 Å². The minimum atomic E-state index is -4.45. The number of ether oxygens (including phenoxy) is 1. The van der Waals surface area contributed by atoms with Crippen LogP contribution < -0.4 is 16.8 Å². The van der Waals surface area contributed by atoms with E-state index < -0.39 is 55.9 Å². The van der Waals surface area contributed by atoms with Crippen molar-refractivity contribution in [3.05, 3.63) is 24.4 Å². The van der Waals surface area contributed by atoms with Gasteiger partial charge in [0.05, 0.1) is 6.04 Å². The average Bonchev–Trinajstić information content (AvgIpc) is 2.59. The molecule has 0 saturated carbocycles. The molecule has 0 spiro atoms. The fraction of sp³-hybridized carbons (Fsp3) is 0.632. The Hall–Kier alpha value is -2.08. The molecule has 30 heavy (non-hydrogen) atoms. The Morgan fingerprint density at radius 3 is 2.30 bits per heavy atom. The van der Waals surface area contributed by atoms with E-state index in [9.17, 15) is 23.1 Å². The van der Waals surface area contributed by atoms with E-state index >= 15 is 0 Å². The second-order valence-electron chi connectivity index (χ2n) is 8.54. The molecule has 1 rings (SSSR count). The van der Waals surface area contributed by atoms with E-state index in [2.05, 4.69) is 10.3 Å². The van der Waals surface area contributed by atoms with Gasteiger partial charge in [-0.15, -0.1) is 0 Å². The van der Waals surface area contributed by atoms with Crippen molar-refractivity contribution in [2.75, 3.05) is 0 Å². The van der Waals surface area contributed by atoms with Crippen molar-refractivity contribution in [1.29, 1.82) is 0 Å². The molecule has 11 heteroatoms. The van der Waals surface area contributed by atoms with E-state index in [4.69, 9.17) is 16.2 Å². The number of Topliss-reactive ketones (excluding diaryl/α,β-unsaturated/α-hetero) is 1. The summed E-state index contributed by atoms with van der Waals surface area (Å²) < 4.78 is 30.5. The molecule has 0 aliphatic rings. The molecule has 10 nitrogen and oxygen atoms in total. The van der Waals surface area contributed by atoms with E-state index in [-0.39, 0.29) is 12.3 Å². The first-order chi connectivity index (χ1) is 13.6. The summed E-state index contributed by atoms with van der Waals surface area (Å²) in [7, 11) is -4.45. The number of hydrogen-bond acceptors (Lipinski definition) is 9. The third-order valence-corrected chi connectivity index (χ3v) is 6.08. The first-order valence-electron chi connectivity index (χ1n) is 9.51. The van der Waals surface area contributed by atoms with Gasteiger partial charge in [-0.1, -0.05) is 19.9 Å². The Morgan fingerprint density at radius 2 is 1.83 bits per heavy atom. The summed E-state index contributed by atoms with van der Waals surface area (Å²) in [6.07, 6.45) is -1.94. The summed E-state index contributed by atoms with van der Waals surface area (Å²) in [5, 5.41) is 12.5. The van der Waals surface area contributed by atoms with Crippen LogP contribution in [-0.2, 0) is 19.4 Å². The van der Waals surface area contributed by atoms with Crippen LogP contribution >= 0.6 is 0 Å². The standard InChI is InChI=1S/C19H32N4O6S/c1-12(2)10-13(23-17(26)29-18(3,4)5)14(24)11-15(25)19(20,21)30(27,28)16-8-6-7-9-22-16/h6-9,12-13,15,25H,10-11,20-21H2,1-5H3,(H,23,26)/t13-,15?/m0/s1. The van der Waals surface area contributed by atoms with Gasteiger partial charge in [-0.25, -0.2) is 18.2 Å². The molecule has 0 aliphatic carbocycles. The molecule has 0 aliphatic heterocycles. The summed E-state index contributed by atoms with van der Waals surface area (Å²) >= 11 is 0. The van der Waals surface area contributed by atoms with Gasteiger partial charge >= 0.3 is 6.09 Å². The van der Waals surface area contributed by atoms with Crippen LogP contribution in [0.2, 0.25) is 0 Å². The summed E-state index contributed by atoms with van der Waals surface area (Å²) in [5.41, 5.74) is 10.7. The number of nitrogens with two attached hydrogens (primary N) is 2. The van der Waals surface area contributed by atoms with Crippen LogP contribution in [0.4, 0.5) is 4.79 Å². The topological polar surface area (TPSA) is 175 Å². The van der Waals surface area contributed by atoms with Crippen molar-refractivity contribution >= 4 is 21.7 Å². The van der Waals surface area contributed by atoms with E-state index in [1.807, 2.05) is 13.8 Å². The van der Waals surface area contributed by atoms with Crippen molar-refractivity contribution in [3.63, 3.8) is 0 Å². The number of aromatic nitrogens is 1. The van der Waals surface area contributed by atoms with Crippen LogP contribution in [0.15, 0.2) is 29.4 Å². The highest BCUT2D eigenvalue weighted by atomic mass is 32.2. The number of alkyl carbamates (subject to hydrolysis) is 1. The monoisotopic (exact) mass is 444 g/mol. The van der Waals surface area contributed by atoms with Crippen molar-refractivity contribution in [1.82, 2.24) is 10.3 Å². The van der Waals surface area contributed by atoms with Gasteiger partial charge in [-0.05, 0) is 45.2 Å². The normalized spacial score (nSPS) is 14.8. The lowest BCUT2D eigenvalue weighted by molar-refractivity contribution is -0.123. The maximum atomic E-state index is 12.7. The van der Waals surface area contributed by atoms with Crippen LogP contribution in [0.3, 0.4) is 0 Å². The highest BCUT2D eigenvalue weighted by Crippen LogP contribution is 2.22. The van der Waals surface area contributed by atoms with Gasteiger partial charge in [0, 0.05) is 12.6 Å². The van der Waals surface area contributed by atoms with Crippen molar-refractivity contribution in [2.24, 2.45) is 17.4 Å². The Bertz CT molecular complexity index is 834. The number of nitrogens with one attached hydrogen (secondary N) is 1. The lowest BCUT2D eigenvalue weighted by Crippen LogP contribution is -2.65. The quantitative estimate of drug-likeness (QED) is 0.399. The molecule has 6 N–H and O–H groups in total. The maximum Gasteiger partial charge on any atom is 0.408 e. The number of nitrogens with zero attached hydrogens (tertiary/aromatic N) is 1. The van der Waals surface area contributed by atoms with Gasteiger partial charge in [-0.2, -0.15) is 0 Å². The second kappa shape index (κ2) is 9.82. The summed E-state index contributed by atoms with van der Waals surface area (Å²) in [6.45, 7) is 8.71. The maximum absolute atomic E-state index is 12.7. The van der Waals surface area contributed by atoms with Crippen LogP contribution in [0, 0.1) is 5.92 Å². The minimum absolute atomic E-state index is 0.0174. The van der Waals surface area contributed by atoms with Gasteiger partial charge in [-0.3, -0.25) is 16.3 Å². The van der Waals surface area contributed by atoms with Gasteiger partial charge in [0.1, 0.15) is 11.7 Å². The van der Waals surface area contributed by atoms with Crippen LogP contribution in [0.1, 0.15) is 47.5 Å². The fourth-order valence-corrected chi connectivity index (χ4v) is 3.81. The summed E-state index contributed by atoms with van der Waals surface area (Å²) in [6, 6.07) is 3.11. The largest absolute Gasteiger partial charge is 0.444 e. The minimum Gasteiger partial charge on any atom is -0.444 e. The molecule has 0 bridgehead atoms. The van der Waals surface area contributed by atoms with E-state index in [1.54, 1.807) is 20.8 Å². The van der Waals surface area contributed by atoms with Crippen molar-refractivity contribution in [2.45, 2.75) is 75.2 Å². The summed E-state index contributed by atoms with van der Waals surface area (Å²) in [5.74, 6) is -0.609. The number of aliphatic hydroxyl groups is 1. The number of pyridine rings is 1. The highest BCUT2D eigenvalue weighted by molar-refractivity contribution is 7.92. The number of amides is 1. The number of hydrogen-bond donors (Lipinski definition) is 4. The predicted octanol–water partition coefficient (Wildman–Crippen LogP) is 0.686. The highest BCUT2D eigenvalue weighted by Gasteiger charge is 2.46. The van der Waals surface area contributed by atoms with Gasteiger partial charge in [0.15, 0.2) is 10.8 Å². The molecule has 1 unspecified atom stereocenters. The molecule has 0 aromatic carbocycles. The van der Waals surface area contributed by atoms with Gasteiger partial charge in [0.25, 0.3) is 0 Å². The zero-order valence-electron chi connectivity index (χ0n) is 18.0. The molecular formula is C19H32N4O6S. The molecule has 0 radical (unpaired) electrons. The lowest BCUT2D eigenvalue weighted by Gasteiger charge is -2.30. The number of ketones is 1. The van der Waals surface area contributed by atoms with Gasteiger partial charge in [0.2, 0.25) is 14.8 Å². The SMILES string of the molecule is CC(C)C[C@H](NC(=O)OC(C)(C)C)C(=O)CC(O)C(N)(N)S(=O)(=O)c1ccccn1. The van der Waals surface area contributed by atoms with Gasteiger partial charge < -0.3 is 15.2 Å². The number of carbonyl (C=O) groups is 2. The molecule has 170 valence electrons. The first kappa shape index (κ1) is 26.0. The van der Waals surface area contributed by atoms with Crippen LogP contribution in [-0.4, -0.2) is 53.1 Å². The number of aliphatic hydroxyl groups excluding tert-OH is 1. The fourth-order valence-electron chi connectivity index (χ4n) is 2.55. The second-order valence-corrected chi connectivity index (χ2v) is 10.7. The Balaban J connectivity index is 3.00. The third-order valence-electron chi connectivity index (χ3n) is 4.08. The smallest absolute Gasteiger partial charge is 0.408 e. The molecular weight excluding hydrogens is 412 g/mol. The lowest BCUT2D eigenvalue weighted by atomic mass is 9.96.